The van der Waals surface area contributed by atoms with Crippen molar-refractivity contribution >= 4 is 0 Å². The van der Waals surface area contributed by atoms with Crippen molar-refractivity contribution in [1.82, 2.24) is 0 Å². The first-order valence-corrected chi connectivity index (χ1v) is 12.4. The Labute approximate surface area is 193 Å². The smallest absolute Gasteiger partial charge is 0.0990 e. The molecular weight excluding hydrogens is 404 g/mol. The molecule has 0 spiro atoms. The lowest BCUT2D eigenvalue weighted by atomic mass is 9.57. The molecule has 3 aliphatic rings. The fourth-order valence-electron chi connectivity index (χ4n) is 6.86. The first-order valence-electron chi connectivity index (χ1n) is 12.4. The normalized spacial score (nSPS) is 41.2. The van der Waals surface area contributed by atoms with E-state index >= 15 is 0 Å². The summed E-state index contributed by atoms with van der Waals surface area (Å²) in [6.07, 6.45) is 7.79. The van der Waals surface area contributed by atoms with Crippen LogP contribution in [-0.4, -0.2) is 55.0 Å². The van der Waals surface area contributed by atoms with Gasteiger partial charge in [-0.1, -0.05) is 45.1 Å². The lowest BCUT2D eigenvalue weighted by Gasteiger charge is -2.53. The highest BCUT2D eigenvalue weighted by Gasteiger charge is 2.65. The van der Waals surface area contributed by atoms with Crippen LogP contribution in [0.5, 0.6) is 0 Å². The molecule has 0 aromatic heterocycles. The second kappa shape index (κ2) is 9.34. The van der Waals surface area contributed by atoms with E-state index in [0.717, 1.165) is 31.3 Å². The van der Waals surface area contributed by atoms with Crippen molar-refractivity contribution in [1.29, 1.82) is 0 Å². The van der Waals surface area contributed by atoms with Crippen molar-refractivity contribution in [2.24, 2.45) is 17.3 Å². The molecule has 3 fully saturated rings. The zero-order chi connectivity index (χ0) is 23.9. The summed E-state index contributed by atoms with van der Waals surface area (Å²) in [6.45, 7) is 11.9. The van der Waals surface area contributed by atoms with Gasteiger partial charge in [-0.2, -0.15) is 0 Å². The van der Waals surface area contributed by atoms with Crippen LogP contribution in [0.4, 0.5) is 0 Å². The summed E-state index contributed by atoms with van der Waals surface area (Å²) in [5.41, 5.74) is -0.306. The number of aliphatic hydroxyl groups is 5. The third kappa shape index (κ3) is 4.65. The molecule has 3 saturated carbocycles. The van der Waals surface area contributed by atoms with Gasteiger partial charge in [-0.15, -0.1) is 0 Å². The highest BCUT2D eigenvalue weighted by molar-refractivity contribution is 5.39. The number of hydrogen-bond donors (Lipinski definition) is 5. The molecule has 2 unspecified atom stereocenters. The van der Waals surface area contributed by atoms with Crippen molar-refractivity contribution in [2.45, 2.75) is 115 Å². The van der Waals surface area contributed by atoms with Gasteiger partial charge < -0.3 is 25.5 Å². The molecule has 0 saturated heterocycles. The highest BCUT2D eigenvalue weighted by atomic mass is 16.4. The zero-order valence-electron chi connectivity index (χ0n) is 20.3. The van der Waals surface area contributed by atoms with Gasteiger partial charge in [-0.05, 0) is 74.9 Å². The zero-order valence-corrected chi connectivity index (χ0v) is 20.3. The predicted octanol–water partition coefficient (Wildman–Crippen LogP) is 3.79. The minimum absolute atomic E-state index is 0.151. The molecule has 5 N–H and O–H groups in total. The summed E-state index contributed by atoms with van der Waals surface area (Å²) in [5.74, 6) is 0.477. The number of rotatable bonds is 6. The molecule has 0 heterocycles. The largest absolute Gasteiger partial charge is 0.393 e. The van der Waals surface area contributed by atoms with Crippen LogP contribution in [0.15, 0.2) is 35.5 Å². The Hall–Kier alpha value is -0.980. The molecule has 5 heteroatoms. The molecule has 0 amide bonds. The fourth-order valence-corrected chi connectivity index (χ4v) is 6.86. The van der Waals surface area contributed by atoms with Crippen LogP contribution in [0.1, 0.15) is 85.5 Å². The number of hydrogen-bond acceptors (Lipinski definition) is 5. The summed E-state index contributed by atoms with van der Waals surface area (Å²) >= 11 is 0. The summed E-state index contributed by atoms with van der Waals surface area (Å²) in [7, 11) is 0. The molecule has 3 rings (SSSR count). The van der Waals surface area contributed by atoms with E-state index in [0.29, 0.717) is 37.2 Å². The van der Waals surface area contributed by atoms with E-state index in [1.807, 2.05) is 19.9 Å². The van der Waals surface area contributed by atoms with E-state index in [1.54, 1.807) is 6.92 Å². The first-order chi connectivity index (χ1) is 14.8. The molecule has 182 valence electrons. The van der Waals surface area contributed by atoms with E-state index < -0.39 is 34.9 Å². The fraction of sp³-hybridized carbons (Fsp3) is 0.778. The lowest BCUT2D eigenvalue weighted by molar-refractivity contribution is -0.211. The van der Waals surface area contributed by atoms with Crippen molar-refractivity contribution in [2.75, 3.05) is 0 Å². The van der Waals surface area contributed by atoms with Crippen LogP contribution in [-0.2, 0) is 0 Å². The maximum Gasteiger partial charge on any atom is 0.0990 e. The van der Waals surface area contributed by atoms with E-state index in [9.17, 15) is 25.5 Å². The quantitative estimate of drug-likeness (QED) is 0.426. The minimum atomic E-state index is -1.38. The van der Waals surface area contributed by atoms with Crippen molar-refractivity contribution in [3.8, 4) is 0 Å². The number of aliphatic hydroxyl groups excluding tert-OH is 3. The second-order valence-corrected chi connectivity index (χ2v) is 11.6. The SMILES string of the molecule is C=C1C(=CC=C2CCC[C@@]3(C)C2CC[C@]3(O)[C@@](C)(O)CC(O)CC(C)C)C[C@@H](O)C[C@@H]1O. The number of allylic oxidation sites excluding steroid dienone is 3. The molecule has 7 atom stereocenters. The Morgan fingerprint density at radius 2 is 1.91 bits per heavy atom. The van der Waals surface area contributed by atoms with Gasteiger partial charge in [0.2, 0.25) is 0 Å². The maximum absolute atomic E-state index is 11.9. The summed E-state index contributed by atoms with van der Waals surface area (Å²) in [5, 5.41) is 54.1. The topological polar surface area (TPSA) is 101 Å². The predicted molar refractivity (Wildman–Crippen MR) is 127 cm³/mol. The molecule has 0 radical (unpaired) electrons. The molecule has 32 heavy (non-hydrogen) atoms. The summed E-state index contributed by atoms with van der Waals surface area (Å²) in [6, 6.07) is 0. The Balaban J connectivity index is 1.85. The minimum Gasteiger partial charge on any atom is -0.393 e. The second-order valence-electron chi connectivity index (χ2n) is 11.6. The standard InChI is InChI=1S/C27H44O5/c1-17(2)13-22(29)16-26(5,31)27(32)12-10-23-19(7-6-11-25(23,27)4)8-9-20-14-21(28)15-24(30)18(20)3/h8-9,17,21-24,28-32H,3,6-7,10-16H2,1-2,4-5H3/t21-,22?,23?,24+,25+,26+,27-/m1/s1. The molecule has 0 bridgehead atoms. The van der Waals surface area contributed by atoms with E-state index in [-0.39, 0.29) is 12.3 Å². The van der Waals surface area contributed by atoms with E-state index in [2.05, 4.69) is 19.6 Å². The lowest BCUT2D eigenvalue weighted by Crippen LogP contribution is -2.62. The average Bonchev–Trinajstić information content (AvgIpc) is 2.95. The van der Waals surface area contributed by atoms with Gasteiger partial charge in [-0.3, -0.25) is 0 Å². The monoisotopic (exact) mass is 448 g/mol. The van der Waals surface area contributed by atoms with Crippen LogP contribution < -0.4 is 0 Å². The van der Waals surface area contributed by atoms with Crippen molar-refractivity contribution < 1.29 is 25.5 Å². The Morgan fingerprint density at radius 3 is 2.56 bits per heavy atom. The summed E-state index contributed by atoms with van der Waals surface area (Å²) in [4.78, 5) is 0. The highest BCUT2D eigenvalue weighted by Crippen LogP contribution is 2.63. The number of fused-ring (bicyclic) bond motifs is 1. The molecular formula is C27H44O5. The molecule has 0 aromatic rings. The third-order valence-corrected chi connectivity index (χ3v) is 8.65. The van der Waals surface area contributed by atoms with E-state index in [1.165, 1.54) is 5.57 Å². The summed E-state index contributed by atoms with van der Waals surface area (Å²) < 4.78 is 0. The molecule has 5 nitrogen and oxygen atoms in total. The Morgan fingerprint density at radius 1 is 1.22 bits per heavy atom. The van der Waals surface area contributed by atoms with Gasteiger partial charge in [0.25, 0.3) is 0 Å². The van der Waals surface area contributed by atoms with Gasteiger partial charge >= 0.3 is 0 Å². The van der Waals surface area contributed by atoms with Crippen LogP contribution in [0.25, 0.3) is 0 Å². The first kappa shape index (κ1) is 25.6. The van der Waals surface area contributed by atoms with Crippen molar-refractivity contribution in [3.05, 3.63) is 35.5 Å². The average molecular weight is 449 g/mol. The van der Waals surface area contributed by atoms with Gasteiger partial charge in [0, 0.05) is 18.3 Å². The van der Waals surface area contributed by atoms with Crippen LogP contribution in [0, 0.1) is 17.3 Å². The van der Waals surface area contributed by atoms with Crippen LogP contribution in [0.3, 0.4) is 0 Å². The maximum atomic E-state index is 11.9. The van der Waals surface area contributed by atoms with Crippen LogP contribution in [0.2, 0.25) is 0 Å². The molecule has 3 aliphatic carbocycles. The Kier molecular flexibility index (Phi) is 7.49. The van der Waals surface area contributed by atoms with Crippen molar-refractivity contribution in [3.63, 3.8) is 0 Å². The van der Waals surface area contributed by atoms with Crippen LogP contribution >= 0.6 is 0 Å². The van der Waals surface area contributed by atoms with Gasteiger partial charge in [0.05, 0.1) is 29.5 Å². The van der Waals surface area contributed by atoms with Gasteiger partial charge in [-0.25, -0.2) is 0 Å². The van der Waals surface area contributed by atoms with Gasteiger partial charge in [0.15, 0.2) is 0 Å². The Bertz CT molecular complexity index is 766. The molecule has 0 aliphatic heterocycles. The molecule has 0 aromatic carbocycles. The van der Waals surface area contributed by atoms with Gasteiger partial charge in [0.1, 0.15) is 0 Å². The third-order valence-electron chi connectivity index (χ3n) is 8.65. The van der Waals surface area contributed by atoms with E-state index in [4.69, 9.17) is 0 Å².